The molecular weight excluding hydrogens is 340 g/mol. The number of rotatable bonds is 5. The van der Waals surface area contributed by atoms with Crippen LogP contribution < -0.4 is 0 Å². The van der Waals surface area contributed by atoms with Crippen LogP contribution >= 0.6 is 0 Å². The van der Waals surface area contributed by atoms with E-state index in [0.29, 0.717) is 23.0 Å². The van der Waals surface area contributed by atoms with Gasteiger partial charge in [0, 0.05) is 11.8 Å². The topological polar surface area (TPSA) is 17.1 Å². The molecule has 0 radical (unpaired) electrons. The summed E-state index contributed by atoms with van der Waals surface area (Å²) in [4.78, 5) is 13.1. The van der Waals surface area contributed by atoms with Gasteiger partial charge in [-0.25, -0.2) is 0 Å². The summed E-state index contributed by atoms with van der Waals surface area (Å²) in [5.41, 5.74) is 0.586. The molecule has 0 saturated heterocycles. The Balaban J connectivity index is 1.49. The molecule has 28 heavy (non-hydrogen) atoms. The second kappa shape index (κ2) is 7.73. The number of ketones is 1. The molecule has 4 aliphatic rings. The molecule has 4 aliphatic carbocycles. The van der Waals surface area contributed by atoms with Crippen molar-refractivity contribution in [1.29, 1.82) is 0 Å². The van der Waals surface area contributed by atoms with Crippen LogP contribution in [0.3, 0.4) is 0 Å². The van der Waals surface area contributed by atoms with Crippen LogP contribution in [-0.2, 0) is 4.79 Å². The highest BCUT2D eigenvalue weighted by molar-refractivity contribution is 5.86. The predicted octanol–water partition coefficient (Wildman–Crippen LogP) is 7.68. The van der Waals surface area contributed by atoms with E-state index in [0.717, 1.165) is 42.4 Å². The van der Waals surface area contributed by atoms with Crippen molar-refractivity contribution >= 4 is 5.78 Å². The molecule has 4 saturated carbocycles. The second-order valence-electron chi connectivity index (χ2n) is 12.3. The zero-order valence-electron chi connectivity index (χ0n) is 19.4. The molecule has 4 rings (SSSR count). The molecule has 0 bridgehead atoms. The van der Waals surface area contributed by atoms with E-state index in [2.05, 4.69) is 34.6 Å². The highest BCUT2D eigenvalue weighted by Gasteiger charge is 2.62. The maximum absolute atomic E-state index is 13.1. The Morgan fingerprint density at radius 1 is 0.929 bits per heavy atom. The van der Waals surface area contributed by atoms with E-state index in [1.54, 1.807) is 0 Å². The lowest BCUT2D eigenvalue weighted by atomic mass is 9.44. The fourth-order valence-electron chi connectivity index (χ4n) is 9.11. The van der Waals surface area contributed by atoms with Crippen molar-refractivity contribution in [1.82, 2.24) is 0 Å². The molecule has 0 aromatic heterocycles. The Kier molecular flexibility index (Phi) is 5.78. The summed E-state index contributed by atoms with van der Waals surface area (Å²) in [6.07, 6.45) is 16.0. The van der Waals surface area contributed by atoms with E-state index in [9.17, 15) is 4.79 Å². The van der Waals surface area contributed by atoms with Gasteiger partial charge >= 0.3 is 0 Å². The Morgan fingerprint density at radius 3 is 2.46 bits per heavy atom. The maximum Gasteiger partial charge on any atom is 0.139 e. The van der Waals surface area contributed by atoms with Gasteiger partial charge in [-0.15, -0.1) is 0 Å². The first-order valence-electron chi connectivity index (χ1n) is 12.8. The normalized spacial score (nSPS) is 46.8. The Labute approximate surface area is 174 Å². The average Bonchev–Trinajstić information content (AvgIpc) is 3.00. The van der Waals surface area contributed by atoms with Crippen molar-refractivity contribution in [3.8, 4) is 0 Å². The molecule has 0 N–H and O–H groups in total. The van der Waals surface area contributed by atoms with E-state index in [1.807, 2.05) is 0 Å². The second-order valence-corrected chi connectivity index (χ2v) is 12.3. The number of carbonyl (C=O) groups is 1. The highest BCUT2D eigenvalue weighted by atomic mass is 16.1. The molecule has 4 fully saturated rings. The van der Waals surface area contributed by atoms with Crippen molar-refractivity contribution in [3.63, 3.8) is 0 Å². The van der Waals surface area contributed by atoms with Gasteiger partial charge < -0.3 is 0 Å². The number of carbonyl (C=O) groups excluding carboxylic acids is 1. The molecular formula is C27H46O. The summed E-state index contributed by atoms with van der Waals surface area (Å²) in [7, 11) is 0. The monoisotopic (exact) mass is 386 g/mol. The molecule has 0 aliphatic heterocycles. The quantitative estimate of drug-likeness (QED) is 0.473. The van der Waals surface area contributed by atoms with Gasteiger partial charge in [0.25, 0.3) is 0 Å². The Bertz CT molecular complexity index is 579. The SMILES string of the molecule is CC(C)CCC[C@H](C)[C@@H]1CC[C@H]2[C@H]3CC[C@H]4CCCC(=O)[C@]4(C)[C@H]3CC[C@@]21C. The smallest absolute Gasteiger partial charge is 0.139 e. The summed E-state index contributed by atoms with van der Waals surface area (Å²) < 4.78 is 0. The number of fused-ring (bicyclic) bond motifs is 5. The van der Waals surface area contributed by atoms with Gasteiger partial charge in [0.15, 0.2) is 0 Å². The summed E-state index contributed by atoms with van der Waals surface area (Å²) in [6.45, 7) is 12.4. The molecule has 0 spiro atoms. The number of hydrogen-bond donors (Lipinski definition) is 0. The highest BCUT2D eigenvalue weighted by Crippen LogP contribution is 2.67. The largest absolute Gasteiger partial charge is 0.299 e. The Morgan fingerprint density at radius 2 is 1.71 bits per heavy atom. The third kappa shape index (κ3) is 3.22. The van der Waals surface area contributed by atoms with Crippen molar-refractivity contribution in [3.05, 3.63) is 0 Å². The van der Waals surface area contributed by atoms with Crippen LogP contribution in [0.4, 0.5) is 0 Å². The van der Waals surface area contributed by atoms with E-state index in [-0.39, 0.29) is 5.41 Å². The minimum atomic E-state index is 0.0312. The van der Waals surface area contributed by atoms with Gasteiger partial charge in [-0.3, -0.25) is 4.79 Å². The molecule has 0 amide bonds. The van der Waals surface area contributed by atoms with Crippen molar-refractivity contribution in [2.24, 2.45) is 52.3 Å². The third-order valence-electron chi connectivity index (χ3n) is 10.7. The molecule has 1 heteroatoms. The van der Waals surface area contributed by atoms with Crippen molar-refractivity contribution in [2.45, 2.75) is 112 Å². The lowest BCUT2D eigenvalue weighted by Crippen LogP contribution is -2.56. The summed E-state index contributed by atoms with van der Waals surface area (Å²) in [6, 6.07) is 0. The van der Waals surface area contributed by atoms with Gasteiger partial charge in [-0.05, 0) is 98.2 Å². The van der Waals surface area contributed by atoms with Crippen LogP contribution in [-0.4, -0.2) is 5.78 Å². The molecule has 8 atom stereocenters. The lowest BCUT2D eigenvalue weighted by molar-refractivity contribution is -0.156. The van der Waals surface area contributed by atoms with E-state index >= 15 is 0 Å². The van der Waals surface area contributed by atoms with E-state index < -0.39 is 0 Å². The van der Waals surface area contributed by atoms with Crippen LogP contribution in [0.2, 0.25) is 0 Å². The Hall–Kier alpha value is -0.330. The van der Waals surface area contributed by atoms with Crippen molar-refractivity contribution < 1.29 is 4.79 Å². The van der Waals surface area contributed by atoms with Crippen LogP contribution in [0.25, 0.3) is 0 Å². The van der Waals surface area contributed by atoms with Crippen LogP contribution in [0.5, 0.6) is 0 Å². The minimum absolute atomic E-state index is 0.0312. The summed E-state index contributed by atoms with van der Waals surface area (Å²) >= 11 is 0. The summed E-state index contributed by atoms with van der Waals surface area (Å²) in [5, 5.41) is 0. The van der Waals surface area contributed by atoms with Gasteiger partial charge in [0.2, 0.25) is 0 Å². The molecule has 1 nitrogen and oxygen atoms in total. The molecule has 0 aromatic rings. The minimum Gasteiger partial charge on any atom is -0.299 e. The molecule has 0 aromatic carbocycles. The first kappa shape index (κ1) is 20.9. The molecule has 0 heterocycles. The fourth-order valence-corrected chi connectivity index (χ4v) is 9.11. The first-order valence-corrected chi connectivity index (χ1v) is 12.8. The maximum atomic E-state index is 13.1. The lowest BCUT2D eigenvalue weighted by Gasteiger charge is -2.60. The average molecular weight is 387 g/mol. The van der Waals surface area contributed by atoms with E-state index in [1.165, 1.54) is 64.2 Å². The standard InChI is InChI=1S/C27H46O/c1-18(2)8-6-9-19(3)22-14-15-23-21-13-12-20-10-7-11-25(28)27(20,5)24(21)16-17-26(22,23)4/h18-24H,6-17H2,1-5H3/t19-,20+,21+,22-,23-,24-,26+,27-/m0/s1. The summed E-state index contributed by atoms with van der Waals surface area (Å²) in [5.74, 6) is 6.44. The van der Waals surface area contributed by atoms with Gasteiger partial charge in [0.05, 0.1) is 0 Å². The van der Waals surface area contributed by atoms with Gasteiger partial charge in [0.1, 0.15) is 5.78 Å². The van der Waals surface area contributed by atoms with Gasteiger partial charge in [-0.1, -0.05) is 53.9 Å². The van der Waals surface area contributed by atoms with Gasteiger partial charge in [-0.2, -0.15) is 0 Å². The first-order chi connectivity index (χ1) is 13.3. The fraction of sp³-hybridized carbons (Fsp3) is 0.963. The van der Waals surface area contributed by atoms with E-state index in [4.69, 9.17) is 0 Å². The molecule has 160 valence electrons. The van der Waals surface area contributed by atoms with Crippen LogP contribution in [0, 0.1) is 52.3 Å². The number of hydrogen-bond acceptors (Lipinski definition) is 1. The van der Waals surface area contributed by atoms with Crippen LogP contribution in [0.15, 0.2) is 0 Å². The molecule has 0 unspecified atom stereocenters. The number of Topliss-reactive ketones (excluding diaryl/α,β-unsaturated/α-hetero) is 1. The predicted molar refractivity (Wildman–Crippen MR) is 118 cm³/mol. The third-order valence-corrected chi connectivity index (χ3v) is 10.7. The van der Waals surface area contributed by atoms with Crippen LogP contribution in [0.1, 0.15) is 112 Å². The van der Waals surface area contributed by atoms with Crippen molar-refractivity contribution in [2.75, 3.05) is 0 Å². The zero-order valence-corrected chi connectivity index (χ0v) is 19.4. The zero-order chi connectivity index (χ0) is 20.1.